The molecule has 0 radical (unpaired) electrons. The monoisotopic (exact) mass is 1710 g/mol. The van der Waals surface area contributed by atoms with Gasteiger partial charge in [0, 0.05) is 48.7 Å². The van der Waals surface area contributed by atoms with Crippen LogP contribution >= 0.6 is 0 Å². The molecule has 15 rings (SSSR count). The summed E-state index contributed by atoms with van der Waals surface area (Å²) < 4.78 is 125. The van der Waals surface area contributed by atoms with Crippen LogP contribution in [-0.4, -0.2) is 186 Å². The summed E-state index contributed by atoms with van der Waals surface area (Å²) in [6.07, 6.45) is -3.84. The predicted molar refractivity (Wildman–Crippen MR) is 461 cm³/mol. The molecule has 38 atom stereocenters. The number of nitrogens with two attached hydrogens (primary N) is 1. The normalized spacial score (nSPS) is 46.3. The van der Waals surface area contributed by atoms with Crippen LogP contribution in [0.4, 0.5) is 4.79 Å². The Labute approximate surface area is 732 Å². The standard InChI is InChI=1S/C100H148N2O21/c1-22-71-58(5)57(4)60(7)89(113-71)120-85-81(117-87-59(6)56(3)55(2)48-110-87)62(9)79(64(11)104)116-91(85)115-76-41-42-96(17)74(97(76,18)54-103)40-43-98(19)75(96)39-38-69-70-46-94(13,14)44-45-100(70,77(106-21)47-99(69,98)20)102-93(105)121-90-82(61(8)78(101)72(114-90)52-107-49-66-32-26-23-27-33-66)118-92-86-84(122-95(15,16)123-86)83(65(12)112-92)119-88-63(10)80(109-51-68-36-30-25-31-37-68)73(53-111-88)108-50-67-34-28-24-29-35-67/h23-38,54-63,65,70-92H,22,39-53,101H2,1-21H3,(H,102,105)/t55-,56+,57+,58-,59?,60?,61?,62-,63?,65?,70?,71?,72?,73-,74-,75?,76+,77?,78-,79?,80?,81+,82?,83+,84?,85?,86?,87+,88+,89+,90-,91-,92+,96?,97-,98+,99-,100-/m1/s1. The molecule has 0 aromatic heterocycles. The van der Waals surface area contributed by atoms with Crippen molar-refractivity contribution in [1.82, 2.24) is 5.32 Å². The van der Waals surface area contributed by atoms with Crippen molar-refractivity contribution in [2.45, 2.75) is 363 Å². The van der Waals surface area contributed by atoms with E-state index in [-0.39, 0.29) is 82.8 Å². The minimum absolute atomic E-state index is 0.0148. The third-order valence-electron chi connectivity index (χ3n) is 33.6. The largest absolute Gasteiger partial charge is 0.417 e. The number of allylic oxidation sites excluding steroid dienone is 1. The molecule has 3 N–H and O–H groups in total. The lowest BCUT2D eigenvalue weighted by molar-refractivity contribution is -0.374. The van der Waals surface area contributed by atoms with E-state index >= 15 is 4.79 Å². The molecular weight excluding hydrogens is 1570 g/mol. The summed E-state index contributed by atoms with van der Waals surface area (Å²) >= 11 is 0. The summed E-state index contributed by atoms with van der Waals surface area (Å²) in [5.74, 6) is -1.25. The number of methoxy groups -OCH3 is 1. The van der Waals surface area contributed by atoms with Gasteiger partial charge in [0.05, 0.1) is 87.2 Å². The van der Waals surface area contributed by atoms with Crippen LogP contribution in [0.15, 0.2) is 103 Å². The number of fused-ring (bicyclic) bond motifs is 8. The average molecular weight is 1710 g/mol. The van der Waals surface area contributed by atoms with E-state index in [9.17, 15) is 9.59 Å². The van der Waals surface area contributed by atoms with Crippen LogP contribution in [0, 0.1) is 98.1 Å². The second kappa shape index (κ2) is 37.3. The van der Waals surface area contributed by atoms with E-state index in [2.05, 4.69) is 120 Å². The van der Waals surface area contributed by atoms with E-state index < -0.39 is 163 Å². The zero-order chi connectivity index (χ0) is 87.8. The van der Waals surface area contributed by atoms with Crippen LogP contribution in [0.2, 0.25) is 0 Å². The molecule has 4 saturated carbocycles. The van der Waals surface area contributed by atoms with Gasteiger partial charge in [-0.15, -0.1) is 0 Å². The SMILES string of the molecule is CCC1O[C@@H](OC2[C@H](O[C@H]3CCC4(C)C5CC=C6C7CC(C)(C)CC[C@]7(NC(=O)O[C@H]7OC(COCc8ccccc8)[C@H](N)C(C)C7O[C@@H]7OC(C)[C@H](O[C@@H]8OC[C@@H](OCc9ccccc9)C(OCc9ccccc9)C8C)C8OC(C)(C)OC87)C(OC)C[C@@]6(C)[C@@]5(C)CC[C@H]4[C@@]3(C)C=O)OC(C(C)=O)[C@@H](C)[C@@H]2O[C@@H]2OC[C@@H](C)[C@H](C)C2C)C(C)[C@@H](C)[C@H]1C. The number of benzene rings is 3. The maximum Gasteiger partial charge on any atom is 0.410 e. The predicted octanol–water partition coefficient (Wildman–Crippen LogP) is 16.6. The number of amides is 1. The smallest absolute Gasteiger partial charge is 0.410 e. The topological polar surface area (TPSA) is 255 Å². The van der Waals surface area contributed by atoms with Crippen molar-refractivity contribution in [1.29, 1.82) is 0 Å². The van der Waals surface area contributed by atoms with Crippen molar-refractivity contribution in [3.05, 3.63) is 119 Å². The van der Waals surface area contributed by atoms with Crippen LogP contribution in [0.1, 0.15) is 219 Å². The highest BCUT2D eigenvalue weighted by Gasteiger charge is 2.72. The zero-order valence-electron chi connectivity index (χ0n) is 77.3. The second-order valence-electron chi connectivity index (χ2n) is 42.0. The number of carbonyl (C=O) groups is 3. The molecule has 123 heavy (non-hydrogen) atoms. The van der Waals surface area contributed by atoms with Gasteiger partial charge >= 0.3 is 6.09 Å². The van der Waals surface area contributed by atoms with Gasteiger partial charge in [0.2, 0.25) is 6.29 Å². The molecule has 0 bridgehead atoms. The van der Waals surface area contributed by atoms with Crippen LogP contribution in [0.3, 0.4) is 0 Å². The minimum atomic E-state index is -1.32. The average Bonchev–Trinajstić information content (AvgIpc) is 0.940. The third-order valence-corrected chi connectivity index (χ3v) is 33.6. The molecule has 23 nitrogen and oxygen atoms in total. The zero-order valence-corrected chi connectivity index (χ0v) is 77.3. The molecule has 1 amide bonds. The van der Waals surface area contributed by atoms with Gasteiger partial charge in [0.15, 0.2) is 43.0 Å². The molecule has 7 heterocycles. The van der Waals surface area contributed by atoms with E-state index in [0.717, 1.165) is 61.6 Å². The Balaban J connectivity index is 0.683. The Bertz CT molecular complexity index is 4070. The second-order valence-corrected chi connectivity index (χ2v) is 42.0. The number of alkyl carbamates (subject to hydrolysis) is 1. The highest BCUT2D eigenvalue weighted by Crippen LogP contribution is 2.75. The van der Waals surface area contributed by atoms with Crippen molar-refractivity contribution in [3.63, 3.8) is 0 Å². The molecule has 17 unspecified atom stereocenters. The number of ether oxygens (including phenoxy) is 18. The maximum absolute atomic E-state index is 15.9. The Morgan fingerprint density at radius 2 is 1.15 bits per heavy atom. The van der Waals surface area contributed by atoms with Gasteiger partial charge in [-0.25, -0.2) is 4.79 Å². The number of Topliss-reactive ketones (excluding diaryl/α,β-unsaturated/α-hetero) is 1. The summed E-state index contributed by atoms with van der Waals surface area (Å²) in [5, 5.41) is 3.65. The van der Waals surface area contributed by atoms with Crippen LogP contribution in [-0.2, 0) is 115 Å². The van der Waals surface area contributed by atoms with Crippen LogP contribution in [0.5, 0.6) is 0 Å². The first-order valence-electron chi connectivity index (χ1n) is 46.8. The van der Waals surface area contributed by atoms with Gasteiger partial charge in [-0.1, -0.05) is 213 Å². The van der Waals surface area contributed by atoms with Gasteiger partial charge in [0.1, 0.15) is 55.1 Å². The molecule has 5 aliphatic carbocycles. The van der Waals surface area contributed by atoms with Crippen molar-refractivity contribution >= 4 is 18.2 Å². The molecule has 23 heteroatoms. The Morgan fingerprint density at radius 3 is 1.81 bits per heavy atom. The lowest BCUT2D eigenvalue weighted by atomic mass is 9.34. The third kappa shape index (κ3) is 18.0. The Morgan fingerprint density at radius 1 is 0.545 bits per heavy atom. The quantitative estimate of drug-likeness (QED) is 0.0430. The number of aldehydes is 1. The molecule has 684 valence electrons. The highest BCUT2D eigenvalue weighted by atomic mass is 16.8. The van der Waals surface area contributed by atoms with Crippen LogP contribution in [0.25, 0.3) is 0 Å². The number of ketones is 1. The van der Waals surface area contributed by atoms with Crippen molar-refractivity contribution in [2.75, 3.05) is 26.9 Å². The van der Waals surface area contributed by atoms with Crippen LogP contribution < -0.4 is 11.1 Å². The number of hydrogen-bond donors (Lipinski definition) is 2. The fourth-order valence-electron chi connectivity index (χ4n) is 25.2. The summed E-state index contributed by atoms with van der Waals surface area (Å²) in [6, 6.07) is 29.5. The molecule has 3 aromatic rings. The molecule has 11 fully saturated rings. The summed E-state index contributed by atoms with van der Waals surface area (Å²) in [4.78, 5) is 44.7. The first-order valence-corrected chi connectivity index (χ1v) is 46.8. The number of carbonyl (C=O) groups excluding carboxylic acids is 3. The van der Waals surface area contributed by atoms with Crippen molar-refractivity contribution < 1.29 is 99.6 Å². The van der Waals surface area contributed by atoms with E-state index in [1.807, 2.05) is 113 Å². The fourth-order valence-corrected chi connectivity index (χ4v) is 25.2. The van der Waals surface area contributed by atoms with Gasteiger partial charge in [-0.3, -0.25) is 4.79 Å². The van der Waals surface area contributed by atoms with Gasteiger partial charge < -0.3 is 101 Å². The minimum Gasteiger partial charge on any atom is -0.417 e. The van der Waals surface area contributed by atoms with Gasteiger partial charge in [-0.05, 0) is 166 Å². The molecule has 12 aliphatic rings. The first kappa shape index (κ1) is 93.0. The number of nitrogens with one attached hydrogen (secondary N) is 1. The molecule has 7 aliphatic heterocycles. The van der Waals surface area contributed by atoms with Crippen molar-refractivity contribution in [3.8, 4) is 0 Å². The van der Waals surface area contributed by atoms with E-state index in [0.29, 0.717) is 63.4 Å². The maximum atomic E-state index is 15.9. The number of rotatable bonds is 26. The van der Waals surface area contributed by atoms with E-state index in [1.165, 1.54) is 11.9 Å². The Kier molecular flexibility index (Phi) is 28.2. The van der Waals surface area contributed by atoms with Crippen molar-refractivity contribution in [2.24, 2.45) is 104 Å². The summed E-state index contributed by atoms with van der Waals surface area (Å²) in [5.41, 5.74) is 8.69. The van der Waals surface area contributed by atoms with E-state index in [1.54, 1.807) is 14.0 Å². The fraction of sp³-hybridized carbons (Fsp3) is 0.770. The summed E-state index contributed by atoms with van der Waals surface area (Å²) in [7, 11) is 1.79. The molecular formula is C100H148N2O21. The molecule has 7 saturated heterocycles. The lowest BCUT2D eigenvalue weighted by Gasteiger charge is -2.72. The lowest BCUT2D eigenvalue weighted by Crippen LogP contribution is -2.73. The highest BCUT2D eigenvalue weighted by molar-refractivity contribution is 5.81. The number of hydrogen-bond acceptors (Lipinski definition) is 22. The molecule has 3 aromatic carbocycles. The van der Waals surface area contributed by atoms with Gasteiger partial charge in [-0.2, -0.15) is 0 Å². The van der Waals surface area contributed by atoms with E-state index in [4.69, 9.17) is 91.0 Å². The van der Waals surface area contributed by atoms with Gasteiger partial charge in [0.25, 0.3) is 0 Å². The summed E-state index contributed by atoms with van der Waals surface area (Å²) in [6.45, 7) is 45.1. The molecule has 0 spiro atoms. The Hall–Kier alpha value is -4.71. The first-order chi connectivity index (χ1) is 58.5.